The maximum Gasteiger partial charge on any atom is 0.317 e. The van der Waals surface area contributed by atoms with E-state index in [2.05, 4.69) is 53.7 Å². The number of hydrogen-bond donors (Lipinski definition) is 1. The van der Waals surface area contributed by atoms with E-state index < -0.39 is 5.97 Å². The fourth-order valence-corrected chi connectivity index (χ4v) is 2.78. The number of aliphatic carboxylic acids is 1. The molecule has 3 nitrogen and oxygen atoms in total. The van der Waals surface area contributed by atoms with Crippen LogP contribution in [-0.4, -0.2) is 29.1 Å². The Morgan fingerprint density at radius 2 is 2.11 bits per heavy atom. The van der Waals surface area contributed by atoms with Gasteiger partial charge in [0.1, 0.15) is 0 Å². The molecule has 0 heterocycles. The first-order chi connectivity index (χ1) is 8.93. The summed E-state index contributed by atoms with van der Waals surface area (Å²) < 4.78 is 1.03. The highest BCUT2D eigenvalue weighted by atomic mass is 79.9. The summed E-state index contributed by atoms with van der Waals surface area (Å²) in [4.78, 5) is 13.1. The summed E-state index contributed by atoms with van der Waals surface area (Å²) in [6, 6.07) is 8.27. The third-order valence-corrected chi connectivity index (χ3v) is 3.49. The predicted molar refractivity (Wildman–Crippen MR) is 81.2 cm³/mol. The maximum absolute atomic E-state index is 11.1. The number of carbonyl (C=O) groups is 1. The van der Waals surface area contributed by atoms with Crippen LogP contribution in [0.1, 0.15) is 38.8 Å². The Bertz CT molecular complexity index is 420. The topological polar surface area (TPSA) is 40.5 Å². The Morgan fingerprint density at radius 3 is 2.58 bits per heavy atom. The first-order valence-electron chi connectivity index (χ1n) is 6.65. The molecule has 1 aromatic carbocycles. The van der Waals surface area contributed by atoms with Crippen LogP contribution in [-0.2, 0) is 4.79 Å². The van der Waals surface area contributed by atoms with Crippen LogP contribution in [0, 0.1) is 5.92 Å². The van der Waals surface area contributed by atoms with Gasteiger partial charge >= 0.3 is 5.97 Å². The van der Waals surface area contributed by atoms with Gasteiger partial charge in [0.15, 0.2) is 0 Å². The second-order valence-electron chi connectivity index (χ2n) is 5.20. The van der Waals surface area contributed by atoms with Crippen LogP contribution in [0.25, 0.3) is 0 Å². The maximum atomic E-state index is 11.1. The summed E-state index contributed by atoms with van der Waals surface area (Å²) in [7, 11) is 0. The summed E-state index contributed by atoms with van der Waals surface area (Å²) in [6.45, 7) is 7.20. The molecule has 0 amide bonds. The molecule has 0 spiro atoms. The van der Waals surface area contributed by atoms with Crippen LogP contribution in [0.4, 0.5) is 0 Å². The summed E-state index contributed by atoms with van der Waals surface area (Å²) in [5, 5.41) is 9.09. The zero-order chi connectivity index (χ0) is 14.4. The zero-order valence-corrected chi connectivity index (χ0v) is 13.4. The SMILES string of the molecule is CCC(c1cccc(Br)c1)N(CC(=O)O)CC(C)C. The van der Waals surface area contributed by atoms with Crippen LogP contribution in [0.3, 0.4) is 0 Å². The van der Waals surface area contributed by atoms with Crippen LogP contribution < -0.4 is 0 Å². The van der Waals surface area contributed by atoms with E-state index in [-0.39, 0.29) is 12.6 Å². The Labute approximate surface area is 123 Å². The molecule has 0 aliphatic carbocycles. The van der Waals surface area contributed by atoms with Crippen molar-refractivity contribution >= 4 is 21.9 Å². The minimum Gasteiger partial charge on any atom is -0.480 e. The lowest BCUT2D eigenvalue weighted by molar-refractivity contribution is -0.139. The molecule has 0 saturated carbocycles. The lowest BCUT2D eigenvalue weighted by Gasteiger charge is -2.31. The number of carboxylic acids is 1. The highest BCUT2D eigenvalue weighted by Crippen LogP contribution is 2.27. The van der Waals surface area contributed by atoms with E-state index in [4.69, 9.17) is 5.11 Å². The monoisotopic (exact) mass is 327 g/mol. The molecule has 1 aromatic rings. The van der Waals surface area contributed by atoms with Crippen LogP contribution >= 0.6 is 15.9 Å². The molecular formula is C15H22BrNO2. The summed E-state index contributed by atoms with van der Waals surface area (Å²) >= 11 is 3.48. The number of rotatable bonds is 7. The number of hydrogen-bond acceptors (Lipinski definition) is 2. The molecule has 0 aliphatic rings. The van der Waals surface area contributed by atoms with Crippen LogP contribution in [0.5, 0.6) is 0 Å². The lowest BCUT2D eigenvalue weighted by atomic mass is 10.0. The largest absolute Gasteiger partial charge is 0.480 e. The molecule has 0 aliphatic heterocycles. The first kappa shape index (κ1) is 16.2. The van der Waals surface area contributed by atoms with Gasteiger partial charge in [-0.1, -0.05) is 48.8 Å². The molecule has 0 fully saturated rings. The standard InChI is InChI=1S/C15H22BrNO2/c1-4-14(12-6-5-7-13(16)8-12)17(9-11(2)3)10-15(18)19/h5-8,11,14H,4,9-10H2,1-3H3,(H,18,19). The van der Waals surface area contributed by atoms with Gasteiger partial charge in [-0.2, -0.15) is 0 Å². The average Bonchev–Trinajstić information content (AvgIpc) is 2.28. The van der Waals surface area contributed by atoms with Gasteiger partial charge in [0.05, 0.1) is 6.54 Å². The smallest absolute Gasteiger partial charge is 0.317 e. The van der Waals surface area contributed by atoms with Crippen molar-refractivity contribution in [2.24, 2.45) is 5.92 Å². The van der Waals surface area contributed by atoms with Gasteiger partial charge in [0.2, 0.25) is 0 Å². The van der Waals surface area contributed by atoms with E-state index in [1.165, 1.54) is 5.56 Å². The third-order valence-electron chi connectivity index (χ3n) is 3.00. The van der Waals surface area contributed by atoms with E-state index in [1.807, 2.05) is 12.1 Å². The summed E-state index contributed by atoms with van der Waals surface area (Å²) in [6.07, 6.45) is 0.899. The molecule has 0 saturated heterocycles. The van der Waals surface area contributed by atoms with Crippen LogP contribution in [0.2, 0.25) is 0 Å². The fraction of sp³-hybridized carbons (Fsp3) is 0.533. The van der Waals surface area contributed by atoms with Crippen molar-refractivity contribution in [2.75, 3.05) is 13.1 Å². The number of halogens is 1. The van der Waals surface area contributed by atoms with Crippen molar-refractivity contribution in [3.63, 3.8) is 0 Å². The molecule has 106 valence electrons. The van der Waals surface area contributed by atoms with Crippen molar-refractivity contribution < 1.29 is 9.90 Å². The molecule has 1 unspecified atom stereocenters. The summed E-state index contributed by atoms with van der Waals surface area (Å²) in [5.74, 6) is -0.324. The van der Waals surface area contributed by atoms with Gasteiger partial charge in [-0.05, 0) is 30.0 Å². The van der Waals surface area contributed by atoms with Crippen molar-refractivity contribution in [2.45, 2.75) is 33.2 Å². The van der Waals surface area contributed by atoms with E-state index in [0.717, 1.165) is 17.4 Å². The van der Waals surface area contributed by atoms with Crippen molar-refractivity contribution in [3.8, 4) is 0 Å². The van der Waals surface area contributed by atoms with Gasteiger partial charge in [-0.3, -0.25) is 9.69 Å². The predicted octanol–water partition coefficient (Wildman–Crippen LogP) is 3.94. The minimum atomic E-state index is -0.769. The molecular weight excluding hydrogens is 306 g/mol. The molecule has 1 rings (SSSR count). The number of benzene rings is 1. The first-order valence-corrected chi connectivity index (χ1v) is 7.44. The highest BCUT2D eigenvalue weighted by molar-refractivity contribution is 9.10. The molecule has 19 heavy (non-hydrogen) atoms. The van der Waals surface area contributed by atoms with Gasteiger partial charge < -0.3 is 5.11 Å². The van der Waals surface area contributed by atoms with Gasteiger partial charge in [-0.15, -0.1) is 0 Å². The Hall–Kier alpha value is -0.870. The van der Waals surface area contributed by atoms with Crippen molar-refractivity contribution in [3.05, 3.63) is 34.3 Å². The Morgan fingerprint density at radius 1 is 1.42 bits per heavy atom. The number of carboxylic acid groups (broad SMARTS) is 1. The lowest BCUT2D eigenvalue weighted by Crippen LogP contribution is -2.36. The third kappa shape index (κ3) is 5.33. The van der Waals surface area contributed by atoms with Gasteiger partial charge in [0.25, 0.3) is 0 Å². The second kappa shape index (κ2) is 7.65. The zero-order valence-electron chi connectivity index (χ0n) is 11.8. The molecule has 0 bridgehead atoms. The fourth-order valence-electron chi connectivity index (χ4n) is 2.36. The van der Waals surface area contributed by atoms with E-state index >= 15 is 0 Å². The van der Waals surface area contributed by atoms with Crippen molar-refractivity contribution in [1.29, 1.82) is 0 Å². The van der Waals surface area contributed by atoms with E-state index in [0.29, 0.717) is 5.92 Å². The Balaban J connectivity index is 2.97. The second-order valence-corrected chi connectivity index (χ2v) is 6.11. The Kier molecular flexibility index (Phi) is 6.52. The summed E-state index contributed by atoms with van der Waals surface area (Å²) in [5.41, 5.74) is 1.17. The van der Waals surface area contributed by atoms with Gasteiger partial charge in [0, 0.05) is 17.1 Å². The normalized spacial score (nSPS) is 12.9. The minimum absolute atomic E-state index is 0.0865. The quantitative estimate of drug-likeness (QED) is 0.824. The van der Waals surface area contributed by atoms with Gasteiger partial charge in [-0.25, -0.2) is 0 Å². The molecule has 1 N–H and O–H groups in total. The molecule has 0 radical (unpaired) electrons. The molecule has 1 atom stereocenters. The van der Waals surface area contributed by atoms with Crippen LogP contribution in [0.15, 0.2) is 28.7 Å². The average molecular weight is 328 g/mol. The van der Waals surface area contributed by atoms with Crippen molar-refractivity contribution in [1.82, 2.24) is 4.90 Å². The number of nitrogens with zero attached hydrogens (tertiary/aromatic N) is 1. The van der Waals surface area contributed by atoms with E-state index in [1.54, 1.807) is 0 Å². The van der Waals surface area contributed by atoms with E-state index in [9.17, 15) is 4.79 Å². The molecule has 0 aromatic heterocycles. The highest BCUT2D eigenvalue weighted by Gasteiger charge is 2.21. The molecule has 4 heteroatoms.